The summed E-state index contributed by atoms with van der Waals surface area (Å²) in [6.45, 7) is 9.44. The summed E-state index contributed by atoms with van der Waals surface area (Å²) in [6, 6.07) is 15.7. The van der Waals surface area contributed by atoms with Crippen LogP contribution in [0.15, 0.2) is 58.9 Å². The van der Waals surface area contributed by atoms with Gasteiger partial charge in [0.05, 0.1) is 40.4 Å². The van der Waals surface area contributed by atoms with Crippen molar-refractivity contribution in [2.45, 2.75) is 95.8 Å². The molecule has 3 rings (SSSR count). The number of unbranched alkanes of at least 4 members (excludes halogenated alkanes) is 2. The highest BCUT2D eigenvalue weighted by Crippen LogP contribution is 2.29. The summed E-state index contributed by atoms with van der Waals surface area (Å²) in [5.74, 6) is -0.225. The zero-order chi connectivity index (χ0) is 27.8. The minimum absolute atomic E-state index is 0.0513. The van der Waals surface area contributed by atoms with Crippen LogP contribution in [0.25, 0.3) is 10.2 Å². The van der Waals surface area contributed by atoms with Gasteiger partial charge in [-0.1, -0.05) is 77.3 Å². The van der Waals surface area contributed by atoms with Gasteiger partial charge in [0.15, 0.2) is 0 Å². The van der Waals surface area contributed by atoms with Crippen LogP contribution in [-0.4, -0.2) is 56.7 Å². The predicted octanol–water partition coefficient (Wildman–Crippen LogP) is 6.46. The molecule has 210 valence electrons. The van der Waals surface area contributed by atoms with Crippen molar-refractivity contribution in [3.8, 4) is 0 Å². The summed E-state index contributed by atoms with van der Waals surface area (Å²) >= 11 is 3.27. The Morgan fingerprint density at radius 2 is 1.84 bits per heavy atom. The molecule has 3 aromatic rings. The number of aliphatic hydroxyl groups excluding tert-OH is 2. The molecule has 0 aliphatic carbocycles. The van der Waals surface area contributed by atoms with E-state index in [4.69, 9.17) is 0 Å². The Morgan fingerprint density at radius 1 is 1.08 bits per heavy atom. The lowest BCUT2D eigenvalue weighted by atomic mass is 10.0. The van der Waals surface area contributed by atoms with E-state index in [0.29, 0.717) is 19.4 Å². The highest BCUT2D eigenvalue weighted by atomic mass is 32.2. The van der Waals surface area contributed by atoms with Crippen LogP contribution in [0.3, 0.4) is 0 Å². The Balaban J connectivity index is 0.00000247. The van der Waals surface area contributed by atoms with Crippen molar-refractivity contribution in [2.24, 2.45) is 0 Å². The van der Waals surface area contributed by atoms with E-state index in [1.807, 2.05) is 62.7 Å². The molecule has 6 nitrogen and oxygen atoms in total. The molecule has 1 amide bonds. The van der Waals surface area contributed by atoms with Gasteiger partial charge < -0.3 is 15.5 Å². The van der Waals surface area contributed by atoms with Crippen molar-refractivity contribution in [3.05, 3.63) is 59.6 Å². The van der Waals surface area contributed by atoms with Gasteiger partial charge in [0.1, 0.15) is 0 Å². The lowest BCUT2D eigenvalue weighted by molar-refractivity contribution is -0.124. The lowest BCUT2D eigenvalue weighted by Gasteiger charge is -2.30. The normalized spacial score (nSPS) is 13.6. The van der Waals surface area contributed by atoms with Crippen molar-refractivity contribution in [3.63, 3.8) is 0 Å². The molecule has 0 spiro atoms. The van der Waals surface area contributed by atoms with E-state index < -0.39 is 18.2 Å². The number of aromatic nitrogens is 1. The number of nitrogens with one attached hydrogen (secondary N) is 1. The van der Waals surface area contributed by atoms with E-state index in [2.05, 4.69) is 33.7 Å². The van der Waals surface area contributed by atoms with Crippen LogP contribution < -0.4 is 5.32 Å². The van der Waals surface area contributed by atoms with Gasteiger partial charge in [-0.3, -0.25) is 4.79 Å². The van der Waals surface area contributed by atoms with Crippen LogP contribution in [-0.2, 0) is 11.2 Å². The Bertz CT molecular complexity index is 1050. The molecule has 2 aromatic carbocycles. The minimum atomic E-state index is -0.765. The van der Waals surface area contributed by atoms with Crippen molar-refractivity contribution in [1.82, 2.24) is 14.6 Å². The molecule has 38 heavy (non-hydrogen) atoms. The first kappa shape index (κ1) is 32.2. The van der Waals surface area contributed by atoms with Crippen LogP contribution in [0.2, 0.25) is 0 Å². The minimum Gasteiger partial charge on any atom is -0.393 e. The third-order valence-corrected chi connectivity index (χ3v) is 7.94. The Kier molecular flexibility index (Phi) is 15.6. The average Bonchev–Trinajstić information content (AvgIpc) is 3.38. The number of carbonyl (C=O) groups is 1. The summed E-state index contributed by atoms with van der Waals surface area (Å²) in [5, 5.41) is 24.5. The first-order valence-corrected chi connectivity index (χ1v) is 15.6. The van der Waals surface area contributed by atoms with Crippen LogP contribution >= 0.6 is 23.3 Å². The summed E-state index contributed by atoms with van der Waals surface area (Å²) in [5.41, 5.74) is 3.91. The van der Waals surface area contributed by atoms with Gasteiger partial charge in [0.2, 0.25) is 5.91 Å². The highest BCUT2D eigenvalue weighted by molar-refractivity contribution is 7.97. The van der Waals surface area contributed by atoms with Gasteiger partial charge in [-0.25, -0.2) is 9.29 Å². The Morgan fingerprint density at radius 3 is 2.55 bits per heavy atom. The second-order valence-electron chi connectivity index (χ2n) is 9.25. The molecule has 0 aliphatic rings. The van der Waals surface area contributed by atoms with E-state index >= 15 is 0 Å². The smallest absolute Gasteiger partial charge is 0.222 e. The number of carbonyl (C=O) groups excluding carboxylic acids is 1. The number of hydrogen-bond donors (Lipinski definition) is 3. The fourth-order valence-corrected chi connectivity index (χ4v) is 5.99. The van der Waals surface area contributed by atoms with E-state index in [1.54, 1.807) is 23.3 Å². The molecule has 0 saturated heterocycles. The number of thiazole rings is 1. The maximum atomic E-state index is 12.7. The molecule has 3 atom stereocenters. The van der Waals surface area contributed by atoms with Gasteiger partial charge in [-0.15, -0.1) is 11.3 Å². The van der Waals surface area contributed by atoms with Crippen LogP contribution in [0.1, 0.15) is 71.8 Å². The molecule has 8 heteroatoms. The van der Waals surface area contributed by atoms with E-state index in [0.717, 1.165) is 52.9 Å². The molecule has 0 saturated carbocycles. The largest absolute Gasteiger partial charge is 0.393 e. The number of nitrogens with zero attached hydrogens (tertiary/aromatic N) is 2. The first-order valence-electron chi connectivity index (χ1n) is 13.9. The molecule has 0 fully saturated rings. The lowest BCUT2D eigenvalue weighted by Crippen LogP contribution is -2.49. The van der Waals surface area contributed by atoms with Crippen LogP contribution in [0.4, 0.5) is 0 Å². The Labute approximate surface area is 237 Å². The average molecular weight is 560 g/mol. The zero-order valence-electron chi connectivity index (χ0n) is 23.3. The predicted molar refractivity (Wildman–Crippen MR) is 162 cm³/mol. The third-order valence-electron chi connectivity index (χ3n) is 6.09. The molecule has 0 radical (unpaired) electrons. The number of hydrogen-bond acceptors (Lipinski definition) is 7. The van der Waals surface area contributed by atoms with Crippen LogP contribution in [0.5, 0.6) is 0 Å². The summed E-state index contributed by atoms with van der Waals surface area (Å²) in [6.07, 6.45) is 3.85. The quantitative estimate of drug-likeness (QED) is 0.138. The molecular weight excluding hydrogens is 514 g/mol. The van der Waals surface area contributed by atoms with Crippen LogP contribution in [0, 0.1) is 0 Å². The highest BCUT2D eigenvalue weighted by Gasteiger charge is 2.25. The number of benzene rings is 2. The molecule has 1 heterocycles. The number of rotatable bonds is 16. The third kappa shape index (κ3) is 11.4. The number of fused-ring (bicyclic) bond motifs is 1. The van der Waals surface area contributed by atoms with E-state index in [9.17, 15) is 15.0 Å². The fraction of sp³-hybridized carbons (Fsp3) is 0.533. The first-order chi connectivity index (χ1) is 18.5. The van der Waals surface area contributed by atoms with E-state index in [1.165, 1.54) is 0 Å². The van der Waals surface area contributed by atoms with Gasteiger partial charge in [0, 0.05) is 18.0 Å². The SMILES string of the molecule is CC.CCCCCN(CC(O)C(Cc1ccccc1)NC(=O)CC(O)CCC)Sc1ccc2ncsc2c1. The molecular formula is C30H45N3O3S2. The second-order valence-corrected chi connectivity index (χ2v) is 11.3. The molecule has 3 unspecified atom stereocenters. The fourth-order valence-electron chi connectivity index (χ4n) is 4.16. The molecule has 0 bridgehead atoms. The summed E-state index contributed by atoms with van der Waals surface area (Å²) in [4.78, 5) is 18.2. The zero-order valence-corrected chi connectivity index (χ0v) is 24.9. The summed E-state index contributed by atoms with van der Waals surface area (Å²) < 4.78 is 3.35. The monoisotopic (exact) mass is 559 g/mol. The molecule has 3 N–H and O–H groups in total. The standard InChI is InChI=1S/C28H39N3O3S2.C2H6/c1-3-5-9-15-31(36-23-13-14-24-27(18-23)35-20-29-24)19-26(33)25(16-21-11-7-6-8-12-21)30-28(34)17-22(32)10-4-2;1-2/h6-8,11-14,18,20,22,25-26,32-33H,3-5,9-10,15-17,19H2,1-2H3,(H,30,34);1-2H3. The van der Waals surface area contributed by atoms with Crippen molar-refractivity contribution in [1.29, 1.82) is 0 Å². The number of aliphatic hydroxyl groups is 2. The molecule has 0 aliphatic heterocycles. The summed E-state index contributed by atoms with van der Waals surface area (Å²) in [7, 11) is 0. The second kappa shape index (κ2) is 18.3. The van der Waals surface area contributed by atoms with Crippen molar-refractivity contribution < 1.29 is 15.0 Å². The van der Waals surface area contributed by atoms with Crippen molar-refractivity contribution >= 4 is 39.4 Å². The maximum Gasteiger partial charge on any atom is 0.222 e. The van der Waals surface area contributed by atoms with Crippen molar-refractivity contribution in [2.75, 3.05) is 13.1 Å². The maximum absolute atomic E-state index is 12.7. The van der Waals surface area contributed by atoms with E-state index in [-0.39, 0.29) is 12.3 Å². The molecule has 1 aromatic heterocycles. The Hall–Kier alpha value is -1.97. The van der Waals surface area contributed by atoms with Gasteiger partial charge in [-0.05, 0) is 55.0 Å². The number of amides is 1. The van der Waals surface area contributed by atoms with Gasteiger partial charge in [0.25, 0.3) is 0 Å². The van der Waals surface area contributed by atoms with Gasteiger partial charge >= 0.3 is 0 Å². The van der Waals surface area contributed by atoms with Gasteiger partial charge in [-0.2, -0.15) is 0 Å². The topological polar surface area (TPSA) is 85.7 Å².